The van der Waals surface area contributed by atoms with Gasteiger partial charge in [0.25, 0.3) is 0 Å². The van der Waals surface area contributed by atoms with Crippen molar-refractivity contribution in [1.82, 2.24) is 9.78 Å². The van der Waals surface area contributed by atoms with Crippen LogP contribution in [0.4, 0.5) is 0 Å². The number of hydrogen-bond acceptors (Lipinski definition) is 1. The van der Waals surface area contributed by atoms with Gasteiger partial charge in [-0.05, 0) is 40.3 Å². The number of benzene rings is 1. The van der Waals surface area contributed by atoms with Crippen LogP contribution in [0, 0.1) is 3.70 Å². The zero-order valence-corrected chi connectivity index (χ0v) is 11.3. The highest BCUT2D eigenvalue weighted by Gasteiger charge is 2.05. The van der Waals surface area contributed by atoms with Crippen LogP contribution in [0.5, 0.6) is 0 Å². The molecule has 0 spiro atoms. The first-order chi connectivity index (χ1) is 7.16. The minimum absolute atomic E-state index is 0.580. The molecular formula is C10H7Cl2IN2. The molecule has 15 heavy (non-hydrogen) atoms. The largest absolute Gasteiger partial charge is 0.267 e. The van der Waals surface area contributed by atoms with E-state index in [9.17, 15) is 0 Å². The fourth-order valence-corrected chi connectivity index (χ4v) is 2.09. The van der Waals surface area contributed by atoms with Gasteiger partial charge < -0.3 is 0 Å². The van der Waals surface area contributed by atoms with Crippen molar-refractivity contribution in [2.75, 3.05) is 0 Å². The Morgan fingerprint density at radius 1 is 1.27 bits per heavy atom. The van der Waals surface area contributed by atoms with Gasteiger partial charge in [-0.3, -0.25) is 4.68 Å². The van der Waals surface area contributed by atoms with Crippen LogP contribution in [-0.4, -0.2) is 9.78 Å². The second-order valence-corrected chi connectivity index (χ2v) is 4.94. The maximum absolute atomic E-state index is 6.07. The summed E-state index contributed by atoms with van der Waals surface area (Å²) in [5.74, 6) is 0. The minimum Gasteiger partial charge on any atom is -0.267 e. The third-order valence-corrected chi connectivity index (χ3v) is 3.41. The smallest absolute Gasteiger partial charge is 0.123 e. The van der Waals surface area contributed by atoms with E-state index in [0.29, 0.717) is 16.6 Å². The van der Waals surface area contributed by atoms with Crippen molar-refractivity contribution < 1.29 is 0 Å². The average molecular weight is 353 g/mol. The minimum atomic E-state index is 0.580. The van der Waals surface area contributed by atoms with Crippen molar-refractivity contribution in [3.63, 3.8) is 0 Å². The molecule has 2 nitrogen and oxygen atoms in total. The van der Waals surface area contributed by atoms with Gasteiger partial charge in [0.2, 0.25) is 0 Å². The van der Waals surface area contributed by atoms with Crippen LogP contribution in [0.3, 0.4) is 0 Å². The Kier molecular flexibility index (Phi) is 3.53. The number of nitrogens with zero attached hydrogens (tertiary/aromatic N) is 2. The molecule has 1 aromatic heterocycles. The Balaban J connectivity index is 2.28. The molecule has 0 radical (unpaired) electrons. The summed E-state index contributed by atoms with van der Waals surface area (Å²) in [6, 6.07) is 7.56. The van der Waals surface area contributed by atoms with E-state index < -0.39 is 0 Å². The van der Waals surface area contributed by atoms with Crippen molar-refractivity contribution in [1.29, 1.82) is 0 Å². The van der Waals surface area contributed by atoms with Crippen molar-refractivity contribution in [3.05, 3.63) is 49.8 Å². The van der Waals surface area contributed by atoms with Gasteiger partial charge in [0, 0.05) is 6.20 Å². The predicted octanol–water partition coefficient (Wildman–Crippen LogP) is 3.84. The van der Waals surface area contributed by atoms with Crippen LogP contribution < -0.4 is 0 Å². The SMILES string of the molecule is Clc1cccc(Cn2ccc(I)n2)c1Cl. The average Bonchev–Trinajstić information content (AvgIpc) is 2.59. The first kappa shape index (κ1) is 11.2. The monoisotopic (exact) mass is 352 g/mol. The molecule has 0 aliphatic carbocycles. The third kappa shape index (κ3) is 2.65. The maximum Gasteiger partial charge on any atom is 0.123 e. The standard InChI is InChI=1S/C10H7Cl2IN2/c11-8-3-1-2-7(10(8)12)6-15-5-4-9(13)14-15/h1-5H,6H2. The zero-order valence-electron chi connectivity index (χ0n) is 7.62. The van der Waals surface area contributed by atoms with Gasteiger partial charge in [-0.1, -0.05) is 35.3 Å². The molecule has 0 fully saturated rings. The van der Waals surface area contributed by atoms with E-state index in [4.69, 9.17) is 23.2 Å². The quantitative estimate of drug-likeness (QED) is 0.751. The Bertz CT molecular complexity index is 482. The molecule has 0 aliphatic rings. The molecule has 2 aromatic rings. The van der Waals surface area contributed by atoms with Crippen molar-refractivity contribution in [3.8, 4) is 0 Å². The van der Waals surface area contributed by atoms with E-state index in [0.717, 1.165) is 9.26 Å². The second kappa shape index (κ2) is 4.72. The summed E-state index contributed by atoms with van der Waals surface area (Å²) in [5, 5.41) is 5.46. The van der Waals surface area contributed by atoms with Crippen LogP contribution in [0.15, 0.2) is 30.5 Å². The maximum atomic E-state index is 6.07. The molecular weight excluding hydrogens is 346 g/mol. The van der Waals surface area contributed by atoms with Crippen LogP contribution >= 0.6 is 45.8 Å². The summed E-state index contributed by atoms with van der Waals surface area (Å²) in [6.45, 7) is 0.641. The van der Waals surface area contributed by atoms with Crippen molar-refractivity contribution in [2.24, 2.45) is 0 Å². The van der Waals surface area contributed by atoms with E-state index in [1.165, 1.54) is 0 Å². The van der Waals surface area contributed by atoms with Crippen LogP contribution in [0.2, 0.25) is 10.0 Å². The molecule has 0 atom stereocenters. The summed E-state index contributed by atoms with van der Waals surface area (Å²) in [4.78, 5) is 0. The lowest BCUT2D eigenvalue weighted by molar-refractivity contribution is 0.681. The molecule has 0 bridgehead atoms. The first-order valence-electron chi connectivity index (χ1n) is 4.28. The summed E-state index contributed by atoms with van der Waals surface area (Å²) >= 11 is 14.2. The Morgan fingerprint density at radius 2 is 2.07 bits per heavy atom. The van der Waals surface area contributed by atoms with Crippen LogP contribution in [0.1, 0.15) is 5.56 Å². The lowest BCUT2D eigenvalue weighted by Crippen LogP contribution is -2.01. The number of halogens is 3. The highest BCUT2D eigenvalue weighted by Crippen LogP contribution is 2.25. The molecule has 0 amide bonds. The predicted molar refractivity (Wildman–Crippen MR) is 70.5 cm³/mol. The lowest BCUT2D eigenvalue weighted by atomic mass is 10.2. The summed E-state index contributed by atoms with van der Waals surface area (Å²) in [7, 11) is 0. The zero-order chi connectivity index (χ0) is 10.8. The van der Waals surface area contributed by atoms with Gasteiger partial charge in [-0.25, -0.2) is 0 Å². The number of aromatic nitrogens is 2. The normalized spacial score (nSPS) is 10.6. The molecule has 1 aromatic carbocycles. The van der Waals surface area contributed by atoms with E-state index in [1.54, 1.807) is 6.07 Å². The summed E-state index contributed by atoms with van der Waals surface area (Å²) < 4.78 is 2.80. The van der Waals surface area contributed by atoms with Crippen LogP contribution in [0.25, 0.3) is 0 Å². The molecule has 0 aliphatic heterocycles. The second-order valence-electron chi connectivity index (χ2n) is 3.05. The van der Waals surface area contributed by atoms with Gasteiger partial charge in [0.05, 0.1) is 16.6 Å². The molecule has 5 heteroatoms. The first-order valence-corrected chi connectivity index (χ1v) is 6.12. The molecule has 0 saturated carbocycles. The topological polar surface area (TPSA) is 17.8 Å². The van der Waals surface area contributed by atoms with Crippen molar-refractivity contribution in [2.45, 2.75) is 6.54 Å². The van der Waals surface area contributed by atoms with Gasteiger partial charge in [0.1, 0.15) is 3.70 Å². The van der Waals surface area contributed by atoms with Crippen molar-refractivity contribution >= 4 is 45.8 Å². The van der Waals surface area contributed by atoms with Gasteiger partial charge in [0.15, 0.2) is 0 Å². The number of hydrogen-bond donors (Lipinski definition) is 0. The van der Waals surface area contributed by atoms with E-state index >= 15 is 0 Å². The molecule has 0 unspecified atom stereocenters. The Hall–Kier alpha value is -0.260. The fraction of sp³-hybridized carbons (Fsp3) is 0.100. The molecule has 2 rings (SSSR count). The van der Waals surface area contributed by atoms with Gasteiger partial charge in [-0.15, -0.1) is 0 Å². The Morgan fingerprint density at radius 3 is 2.73 bits per heavy atom. The number of rotatable bonds is 2. The highest BCUT2D eigenvalue weighted by molar-refractivity contribution is 14.1. The lowest BCUT2D eigenvalue weighted by Gasteiger charge is -2.05. The molecule has 0 N–H and O–H groups in total. The van der Waals surface area contributed by atoms with E-state index in [2.05, 4.69) is 27.7 Å². The third-order valence-electron chi connectivity index (χ3n) is 1.97. The molecule has 78 valence electrons. The van der Waals surface area contributed by atoms with Gasteiger partial charge >= 0.3 is 0 Å². The Labute approximate surface area is 111 Å². The summed E-state index contributed by atoms with van der Waals surface area (Å²) in [5.41, 5.74) is 0.976. The molecule has 0 saturated heterocycles. The fourth-order valence-electron chi connectivity index (χ4n) is 1.27. The highest BCUT2D eigenvalue weighted by atomic mass is 127. The molecule has 1 heterocycles. The van der Waals surface area contributed by atoms with E-state index in [1.807, 2.05) is 29.1 Å². The van der Waals surface area contributed by atoms with Crippen LogP contribution in [-0.2, 0) is 6.54 Å². The summed E-state index contributed by atoms with van der Waals surface area (Å²) in [6.07, 6.45) is 1.92. The van der Waals surface area contributed by atoms with Gasteiger partial charge in [-0.2, -0.15) is 5.10 Å². The van der Waals surface area contributed by atoms with E-state index in [-0.39, 0.29) is 0 Å².